The number of urea groups is 1. The summed E-state index contributed by atoms with van der Waals surface area (Å²) >= 11 is 0. The maximum absolute atomic E-state index is 11.7. The number of imide groups is 2. The Kier molecular flexibility index (Phi) is 2.67. The van der Waals surface area contributed by atoms with Crippen molar-refractivity contribution in [3.63, 3.8) is 0 Å². The first-order valence-corrected chi connectivity index (χ1v) is 5.22. The molecule has 0 unspecified atom stereocenters. The minimum atomic E-state index is -0.951. The van der Waals surface area contributed by atoms with Gasteiger partial charge in [0, 0.05) is 0 Å². The van der Waals surface area contributed by atoms with Gasteiger partial charge >= 0.3 is 6.03 Å². The number of carbonyl (C=O) groups excluding carboxylic acids is 3. The van der Waals surface area contributed by atoms with E-state index >= 15 is 0 Å². The van der Waals surface area contributed by atoms with E-state index in [2.05, 4.69) is 10.6 Å². The minimum Gasteiger partial charge on any atom is -0.277 e. The molecule has 1 aromatic carbocycles. The van der Waals surface area contributed by atoms with Crippen LogP contribution in [0.4, 0.5) is 4.79 Å². The lowest BCUT2D eigenvalue weighted by atomic mass is 9.90. The number of hydrogen-bond acceptors (Lipinski definition) is 3. The fourth-order valence-electron chi connectivity index (χ4n) is 1.89. The second-order valence-electron chi connectivity index (χ2n) is 4.03. The van der Waals surface area contributed by atoms with Crippen LogP contribution >= 0.6 is 0 Å². The predicted octanol–water partition coefficient (Wildman–Crippen LogP) is 0.753. The number of hydrogen-bond donors (Lipinski definition) is 2. The summed E-state index contributed by atoms with van der Waals surface area (Å²) in [5.41, 5.74) is 2.52. The quantitative estimate of drug-likeness (QED) is 0.702. The second kappa shape index (κ2) is 4.01. The molecular weight excluding hydrogens is 220 g/mol. The second-order valence-corrected chi connectivity index (χ2v) is 4.03. The lowest BCUT2D eigenvalue weighted by Gasteiger charge is -2.22. The Bertz CT molecular complexity index is 502. The van der Waals surface area contributed by atoms with Gasteiger partial charge in [-0.2, -0.15) is 0 Å². The molecule has 0 spiro atoms. The summed E-state index contributed by atoms with van der Waals surface area (Å²) in [6.45, 7) is 3.75. The number of barbiturate groups is 1. The third-order valence-corrected chi connectivity index (χ3v) is 2.96. The fourth-order valence-corrected chi connectivity index (χ4v) is 1.89. The lowest BCUT2D eigenvalue weighted by molar-refractivity contribution is -0.132. The molecule has 0 atom stereocenters. The van der Waals surface area contributed by atoms with Gasteiger partial charge in [0.25, 0.3) is 0 Å². The Hall–Kier alpha value is -2.17. The normalized spacial score (nSPS) is 16.7. The molecule has 5 heteroatoms. The Morgan fingerprint density at radius 1 is 1.00 bits per heavy atom. The van der Waals surface area contributed by atoms with Gasteiger partial charge in [0.2, 0.25) is 11.8 Å². The van der Waals surface area contributed by atoms with Crippen LogP contribution in [-0.2, 0) is 9.59 Å². The third-order valence-electron chi connectivity index (χ3n) is 2.96. The maximum Gasteiger partial charge on any atom is 0.328 e. The van der Waals surface area contributed by atoms with Crippen LogP contribution in [0.25, 0.3) is 0 Å². The number of benzene rings is 1. The van der Waals surface area contributed by atoms with Gasteiger partial charge in [-0.1, -0.05) is 18.2 Å². The average Bonchev–Trinajstić information content (AvgIpc) is 2.23. The van der Waals surface area contributed by atoms with Gasteiger partial charge in [0.15, 0.2) is 0 Å². The molecule has 0 bridgehead atoms. The zero-order chi connectivity index (χ0) is 12.6. The fraction of sp³-hybridized carbons (Fsp3) is 0.250. The van der Waals surface area contributed by atoms with Gasteiger partial charge in [-0.05, 0) is 30.5 Å². The van der Waals surface area contributed by atoms with Crippen LogP contribution in [0.3, 0.4) is 0 Å². The smallest absolute Gasteiger partial charge is 0.277 e. The van der Waals surface area contributed by atoms with Crippen LogP contribution in [-0.4, -0.2) is 17.8 Å². The van der Waals surface area contributed by atoms with Gasteiger partial charge in [0.05, 0.1) is 0 Å². The van der Waals surface area contributed by atoms with Gasteiger partial charge < -0.3 is 0 Å². The van der Waals surface area contributed by atoms with Gasteiger partial charge in [-0.15, -0.1) is 0 Å². The number of nitrogens with one attached hydrogen (secondary N) is 2. The summed E-state index contributed by atoms with van der Waals surface area (Å²) in [6, 6.07) is 4.65. The zero-order valence-corrected chi connectivity index (χ0v) is 9.53. The van der Waals surface area contributed by atoms with Crippen molar-refractivity contribution in [3.8, 4) is 0 Å². The van der Waals surface area contributed by atoms with Crippen LogP contribution in [0, 0.1) is 13.8 Å². The zero-order valence-electron chi connectivity index (χ0n) is 9.53. The molecule has 1 aliphatic rings. The van der Waals surface area contributed by atoms with E-state index in [4.69, 9.17) is 0 Å². The SMILES string of the molecule is Cc1cccc(C2C(=O)NC(=O)NC2=O)c1C. The van der Waals surface area contributed by atoms with E-state index in [0.29, 0.717) is 5.56 Å². The molecule has 2 N–H and O–H groups in total. The van der Waals surface area contributed by atoms with E-state index in [1.807, 2.05) is 19.9 Å². The largest absolute Gasteiger partial charge is 0.328 e. The Morgan fingerprint density at radius 2 is 1.59 bits per heavy atom. The number of aryl methyl sites for hydroxylation is 1. The van der Waals surface area contributed by atoms with E-state index in [1.54, 1.807) is 12.1 Å². The maximum atomic E-state index is 11.7. The molecule has 1 aromatic rings. The molecule has 1 saturated heterocycles. The minimum absolute atomic E-state index is 0.576. The highest BCUT2D eigenvalue weighted by Gasteiger charge is 2.36. The molecule has 0 aliphatic carbocycles. The summed E-state index contributed by atoms with van der Waals surface area (Å²) in [6.07, 6.45) is 0. The molecule has 0 aromatic heterocycles. The molecular formula is C12H12N2O3. The van der Waals surface area contributed by atoms with E-state index in [-0.39, 0.29) is 0 Å². The summed E-state index contributed by atoms with van der Waals surface area (Å²) in [4.78, 5) is 34.3. The van der Waals surface area contributed by atoms with E-state index in [1.165, 1.54) is 0 Å². The third kappa shape index (κ3) is 1.91. The standard InChI is InChI=1S/C12H12N2O3/c1-6-4-3-5-8(7(6)2)9-10(15)13-12(17)14-11(9)16/h3-5,9H,1-2H3,(H2,13,14,15,16,17). The van der Waals surface area contributed by atoms with Crippen molar-refractivity contribution in [3.05, 3.63) is 34.9 Å². The molecule has 1 fully saturated rings. The highest BCUT2D eigenvalue weighted by atomic mass is 16.2. The number of carbonyl (C=O) groups is 3. The molecule has 5 nitrogen and oxygen atoms in total. The van der Waals surface area contributed by atoms with Crippen molar-refractivity contribution in [2.75, 3.05) is 0 Å². The lowest BCUT2D eigenvalue weighted by Crippen LogP contribution is -2.54. The monoisotopic (exact) mass is 232 g/mol. The van der Waals surface area contributed by atoms with Crippen molar-refractivity contribution in [1.29, 1.82) is 0 Å². The van der Waals surface area contributed by atoms with Crippen molar-refractivity contribution in [1.82, 2.24) is 10.6 Å². The molecule has 0 saturated carbocycles. The highest BCUT2D eigenvalue weighted by Crippen LogP contribution is 2.24. The first kappa shape index (κ1) is 11.3. The van der Waals surface area contributed by atoms with Crippen LogP contribution < -0.4 is 10.6 Å². The van der Waals surface area contributed by atoms with Crippen molar-refractivity contribution >= 4 is 17.8 Å². The van der Waals surface area contributed by atoms with Crippen molar-refractivity contribution < 1.29 is 14.4 Å². The molecule has 0 radical (unpaired) electrons. The molecule has 88 valence electrons. The van der Waals surface area contributed by atoms with E-state index in [9.17, 15) is 14.4 Å². The first-order chi connectivity index (χ1) is 8.00. The highest BCUT2D eigenvalue weighted by molar-refractivity contribution is 6.19. The summed E-state index contributed by atoms with van der Waals surface area (Å²) in [7, 11) is 0. The number of rotatable bonds is 1. The van der Waals surface area contributed by atoms with Crippen LogP contribution in [0.1, 0.15) is 22.6 Å². The van der Waals surface area contributed by atoms with Crippen LogP contribution in [0.15, 0.2) is 18.2 Å². The topological polar surface area (TPSA) is 75.3 Å². The Balaban J connectivity index is 2.46. The molecule has 2 rings (SSSR count). The molecule has 1 aliphatic heterocycles. The molecule has 1 heterocycles. The summed E-state index contributed by atoms with van der Waals surface area (Å²) < 4.78 is 0. The van der Waals surface area contributed by atoms with Gasteiger partial charge in [-0.25, -0.2) is 4.79 Å². The summed E-state index contributed by atoms with van der Waals surface area (Å²) in [5.74, 6) is -2.10. The Labute approximate surface area is 98.2 Å². The number of amides is 4. The van der Waals surface area contributed by atoms with Crippen molar-refractivity contribution in [2.45, 2.75) is 19.8 Å². The predicted molar refractivity (Wildman–Crippen MR) is 60.3 cm³/mol. The van der Waals surface area contributed by atoms with Gasteiger partial charge in [0.1, 0.15) is 5.92 Å². The van der Waals surface area contributed by atoms with Crippen LogP contribution in [0.5, 0.6) is 0 Å². The van der Waals surface area contributed by atoms with Crippen LogP contribution in [0.2, 0.25) is 0 Å². The molecule has 4 amide bonds. The van der Waals surface area contributed by atoms with E-state index < -0.39 is 23.8 Å². The van der Waals surface area contributed by atoms with E-state index in [0.717, 1.165) is 11.1 Å². The first-order valence-electron chi connectivity index (χ1n) is 5.22. The van der Waals surface area contributed by atoms with Gasteiger partial charge in [-0.3, -0.25) is 20.2 Å². The summed E-state index contributed by atoms with van der Waals surface area (Å²) in [5, 5.41) is 4.19. The average molecular weight is 232 g/mol. The molecule has 17 heavy (non-hydrogen) atoms. The Morgan fingerprint density at radius 3 is 2.18 bits per heavy atom. The van der Waals surface area contributed by atoms with Crippen molar-refractivity contribution in [2.24, 2.45) is 0 Å².